The predicted molar refractivity (Wildman–Crippen MR) is 265 cm³/mol. The lowest BCUT2D eigenvalue weighted by Gasteiger charge is -2.40. The zero-order valence-electron chi connectivity index (χ0n) is 35.4. The van der Waals surface area contributed by atoms with Crippen molar-refractivity contribution in [3.63, 3.8) is 0 Å². The van der Waals surface area contributed by atoms with E-state index in [1.807, 2.05) is 42.7 Å². The second-order valence-corrected chi connectivity index (χ2v) is 17.2. The highest BCUT2D eigenvalue weighted by atomic mass is 16.5. The Morgan fingerprint density at radius 2 is 0.970 bits per heavy atom. The number of fused-ring (bicyclic) bond motifs is 15. The highest BCUT2D eigenvalue weighted by Crippen LogP contribution is 2.63. The second kappa shape index (κ2) is 13.7. The highest BCUT2D eigenvalue weighted by Gasteiger charge is 2.53. The molecule has 0 atom stereocenters. The lowest BCUT2D eigenvalue weighted by molar-refractivity contribution is 0.438. The quantitative estimate of drug-likeness (QED) is 0.166. The summed E-state index contributed by atoms with van der Waals surface area (Å²) in [6, 6.07) is 70.9. The molecule has 8 aromatic carbocycles. The van der Waals surface area contributed by atoms with E-state index < -0.39 is 5.41 Å². The maximum Gasteiger partial charge on any atom is 0.188 e. The SMILES string of the molecule is [C-]#[N+]c1ccc2c(c1)c1cc(-c3cccc4c3Oc3ccc(-c5ccc6c(c5)c5ccccc5n6-c5ccccc5)cc3C43c4cccnc4-c4ncccc43)ccc1n2-c1ccccc1. The summed E-state index contributed by atoms with van der Waals surface area (Å²) in [5.74, 6) is 1.59. The van der Waals surface area contributed by atoms with E-state index in [-0.39, 0.29) is 0 Å². The Kier molecular flexibility index (Phi) is 7.58. The molecule has 0 unspecified atom stereocenters. The fourth-order valence-electron chi connectivity index (χ4n) is 11.1. The van der Waals surface area contributed by atoms with E-state index in [4.69, 9.17) is 21.3 Å². The van der Waals surface area contributed by atoms with Crippen molar-refractivity contribution < 1.29 is 4.74 Å². The fraction of sp³-hybridized carbons (Fsp3) is 0.0167. The minimum absolute atomic E-state index is 0.609. The maximum absolute atomic E-state index is 7.87. The van der Waals surface area contributed by atoms with Crippen molar-refractivity contribution in [3.05, 3.63) is 246 Å². The molecule has 306 valence electrons. The Morgan fingerprint density at radius 1 is 0.424 bits per heavy atom. The number of rotatable bonds is 4. The normalized spacial score (nSPS) is 13.1. The van der Waals surface area contributed by atoms with Crippen LogP contribution in [0.15, 0.2) is 213 Å². The van der Waals surface area contributed by atoms with Crippen LogP contribution in [0.2, 0.25) is 0 Å². The predicted octanol–water partition coefficient (Wildman–Crippen LogP) is 15.0. The standard InChI is InChI=1S/C60H35N5O/c1-61-40-26-29-55-47(36-40)46-34-39(24-28-54(46)65(55)42-15-6-3-7-16-42)43-18-10-19-50-59(43)66-56-30-25-38(35-51(56)60(50)48-20-11-31-62-57(48)58-49(60)21-12-32-63-58)37-23-27-53-45(33-37)44-17-8-9-22-52(44)64(53)41-13-4-2-5-14-41/h2-36H. The van der Waals surface area contributed by atoms with Gasteiger partial charge in [-0.1, -0.05) is 109 Å². The van der Waals surface area contributed by atoms with Gasteiger partial charge in [0.05, 0.1) is 45.4 Å². The molecule has 1 aliphatic heterocycles. The van der Waals surface area contributed by atoms with Crippen LogP contribution in [0.5, 0.6) is 11.5 Å². The average Bonchev–Trinajstić information content (AvgIpc) is 4.00. The minimum atomic E-state index is -0.784. The van der Waals surface area contributed by atoms with Gasteiger partial charge in [-0.2, -0.15) is 0 Å². The van der Waals surface area contributed by atoms with Crippen molar-refractivity contribution in [2.24, 2.45) is 0 Å². The third kappa shape index (κ3) is 4.94. The third-order valence-electron chi connectivity index (χ3n) is 13.9. The van der Waals surface area contributed by atoms with Crippen molar-refractivity contribution >= 4 is 49.3 Å². The van der Waals surface area contributed by atoms with Gasteiger partial charge in [-0.05, 0) is 124 Å². The van der Waals surface area contributed by atoms with E-state index in [0.717, 1.165) is 106 Å². The Bertz CT molecular complexity index is 4000. The van der Waals surface area contributed by atoms with Gasteiger partial charge in [0.15, 0.2) is 5.69 Å². The van der Waals surface area contributed by atoms with Crippen LogP contribution in [0.25, 0.3) is 93.5 Å². The molecule has 2 aliphatic rings. The van der Waals surface area contributed by atoms with Crippen molar-refractivity contribution in [2.45, 2.75) is 5.41 Å². The molecule has 0 saturated heterocycles. The molecule has 0 bridgehead atoms. The van der Waals surface area contributed by atoms with Crippen LogP contribution in [0.4, 0.5) is 5.69 Å². The second-order valence-electron chi connectivity index (χ2n) is 17.2. The smallest absolute Gasteiger partial charge is 0.188 e. The molecule has 0 amide bonds. The minimum Gasteiger partial charge on any atom is -0.456 e. The lowest BCUT2D eigenvalue weighted by atomic mass is 9.65. The molecule has 14 rings (SSSR count). The van der Waals surface area contributed by atoms with E-state index in [1.54, 1.807) is 0 Å². The molecule has 0 saturated carbocycles. The van der Waals surface area contributed by atoms with Gasteiger partial charge in [-0.15, -0.1) is 0 Å². The van der Waals surface area contributed by atoms with Gasteiger partial charge in [-0.3, -0.25) is 9.97 Å². The van der Waals surface area contributed by atoms with Gasteiger partial charge in [-0.25, -0.2) is 4.85 Å². The van der Waals surface area contributed by atoms with Crippen LogP contribution in [-0.4, -0.2) is 19.1 Å². The Labute approximate surface area is 379 Å². The van der Waals surface area contributed by atoms with Gasteiger partial charge in [0.2, 0.25) is 0 Å². The first-order valence-electron chi connectivity index (χ1n) is 22.2. The van der Waals surface area contributed by atoms with Crippen molar-refractivity contribution in [2.75, 3.05) is 0 Å². The fourth-order valence-corrected chi connectivity index (χ4v) is 11.1. The topological polar surface area (TPSA) is 49.2 Å². The van der Waals surface area contributed by atoms with E-state index in [2.05, 4.69) is 184 Å². The summed E-state index contributed by atoms with van der Waals surface area (Å²) in [7, 11) is 0. The molecule has 1 spiro atoms. The van der Waals surface area contributed by atoms with Crippen LogP contribution in [0.3, 0.4) is 0 Å². The first kappa shape index (κ1) is 36.4. The van der Waals surface area contributed by atoms with Crippen molar-refractivity contribution in [1.82, 2.24) is 19.1 Å². The molecule has 6 nitrogen and oxygen atoms in total. The van der Waals surface area contributed by atoms with Gasteiger partial charge >= 0.3 is 0 Å². The lowest BCUT2D eigenvalue weighted by Crippen LogP contribution is -2.32. The monoisotopic (exact) mass is 841 g/mol. The van der Waals surface area contributed by atoms with Crippen molar-refractivity contribution in [1.29, 1.82) is 0 Å². The van der Waals surface area contributed by atoms with Crippen LogP contribution >= 0.6 is 0 Å². The van der Waals surface area contributed by atoms with E-state index in [0.29, 0.717) is 5.69 Å². The number of ether oxygens (including phenoxy) is 1. The maximum atomic E-state index is 7.87. The van der Waals surface area contributed by atoms with E-state index >= 15 is 0 Å². The number of benzene rings is 8. The number of pyridine rings is 2. The van der Waals surface area contributed by atoms with Gasteiger partial charge < -0.3 is 13.9 Å². The van der Waals surface area contributed by atoms with Gasteiger partial charge in [0, 0.05) is 56.6 Å². The third-order valence-corrected chi connectivity index (χ3v) is 13.9. The summed E-state index contributed by atoms with van der Waals surface area (Å²) in [6.45, 7) is 7.87. The van der Waals surface area contributed by atoms with Crippen molar-refractivity contribution in [3.8, 4) is 56.5 Å². The van der Waals surface area contributed by atoms with Gasteiger partial charge in [0.25, 0.3) is 0 Å². The molecule has 0 radical (unpaired) electrons. The summed E-state index contributed by atoms with van der Waals surface area (Å²) in [5, 5.41) is 4.51. The summed E-state index contributed by atoms with van der Waals surface area (Å²) in [4.78, 5) is 13.9. The largest absolute Gasteiger partial charge is 0.456 e. The van der Waals surface area contributed by atoms with E-state index in [1.165, 1.54) is 16.3 Å². The summed E-state index contributed by atoms with van der Waals surface area (Å²) < 4.78 is 11.9. The zero-order chi connectivity index (χ0) is 43.5. The van der Waals surface area contributed by atoms with Crippen LogP contribution < -0.4 is 4.74 Å². The molecule has 5 heterocycles. The molecule has 0 fully saturated rings. The molecule has 0 N–H and O–H groups in total. The Balaban J connectivity index is 0.995. The number of hydrogen-bond donors (Lipinski definition) is 0. The molecule has 12 aromatic rings. The zero-order valence-corrected chi connectivity index (χ0v) is 35.4. The Morgan fingerprint density at radius 3 is 1.67 bits per heavy atom. The number of aromatic nitrogens is 4. The Hall–Kier alpha value is -9.05. The molecular weight excluding hydrogens is 807 g/mol. The molecule has 1 aliphatic carbocycles. The number of nitrogens with zero attached hydrogens (tertiary/aromatic N) is 5. The number of para-hydroxylation sites is 4. The van der Waals surface area contributed by atoms with Gasteiger partial charge in [0.1, 0.15) is 11.5 Å². The molecule has 4 aromatic heterocycles. The molecular formula is C60H35N5O. The summed E-state index contributed by atoms with van der Waals surface area (Å²) >= 11 is 0. The highest BCUT2D eigenvalue weighted by molar-refractivity contribution is 6.12. The summed E-state index contributed by atoms with van der Waals surface area (Å²) in [5.41, 5.74) is 16.7. The number of hydrogen-bond acceptors (Lipinski definition) is 3. The van der Waals surface area contributed by atoms with E-state index in [9.17, 15) is 0 Å². The van der Waals surface area contributed by atoms with Crippen LogP contribution in [0.1, 0.15) is 22.3 Å². The van der Waals surface area contributed by atoms with Crippen LogP contribution in [0, 0.1) is 6.57 Å². The first-order chi connectivity index (χ1) is 32.7. The molecule has 6 heteroatoms. The van der Waals surface area contributed by atoms with Crippen LogP contribution in [-0.2, 0) is 5.41 Å². The summed E-state index contributed by atoms with van der Waals surface area (Å²) in [6.07, 6.45) is 3.73. The molecule has 66 heavy (non-hydrogen) atoms. The first-order valence-corrected chi connectivity index (χ1v) is 22.2. The average molecular weight is 842 g/mol.